The lowest BCUT2D eigenvalue weighted by Gasteiger charge is -2.00. The van der Waals surface area contributed by atoms with Crippen LogP contribution in [0.15, 0.2) is 29.1 Å². The fourth-order valence-corrected chi connectivity index (χ4v) is 2.10. The van der Waals surface area contributed by atoms with Gasteiger partial charge in [0.1, 0.15) is 5.56 Å². The molecule has 90 valence electrons. The van der Waals surface area contributed by atoms with Crippen LogP contribution in [0.4, 0.5) is 0 Å². The molecule has 3 aromatic rings. The summed E-state index contributed by atoms with van der Waals surface area (Å²) in [4.78, 5) is 25.6. The Morgan fingerprint density at radius 2 is 2.11 bits per heavy atom. The first-order valence-electron chi connectivity index (χ1n) is 5.33. The number of aromatic carboxylic acids is 1. The van der Waals surface area contributed by atoms with Gasteiger partial charge in [-0.15, -0.1) is 0 Å². The number of nitrogens with zero attached hydrogens (tertiary/aromatic N) is 2. The Bertz CT molecular complexity index is 845. The molecule has 18 heavy (non-hydrogen) atoms. The molecule has 1 aromatic carbocycles. The number of benzene rings is 1. The van der Waals surface area contributed by atoms with E-state index >= 15 is 0 Å². The van der Waals surface area contributed by atoms with Gasteiger partial charge in [-0.1, -0.05) is 12.1 Å². The van der Waals surface area contributed by atoms with E-state index in [1.165, 1.54) is 4.52 Å². The van der Waals surface area contributed by atoms with Gasteiger partial charge >= 0.3 is 5.97 Å². The number of carboxylic acid groups (broad SMARTS) is 1. The van der Waals surface area contributed by atoms with Crippen molar-refractivity contribution in [3.05, 3.63) is 45.9 Å². The van der Waals surface area contributed by atoms with Crippen LogP contribution in [0.1, 0.15) is 16.1 Å². The van der Waals surface area contributed by atoms with E-state index in [9.17, 15) is 9.59 Å². The molecule has 0 aliphatic heterocycles. The molecule has 2 aromatic heterocycles. The smallest absolute Gasteiger partial charge is 0.341 e. The molecule has 0 spiro atoms. The molecule has 0 amide bonds. The summed E-state index contributed by atoms with van der Waals surface area (Å²) in [6.07, 6.45) is 0. The van der Waals surface area contributed by atoms with Crippen molar-refractivity contribution in [2.24, 2.45) is 0 Å². The molecule has 0 atom stereocenters. The first kappa shape index (κ1) is 10.5. The molecular formula is C12H9N3O3. The monoisotopic (exact) mass is 243 g/mol. The van der Waals surface area contributed by atoms with Gasteiger partial charge in [-0.05, 0) is 19.1 Å². The second kappa shape index (κ2) is 3.43. The summed E-state index contributed by atoms with van der Waals surface area (Å²) >= 11 is 0. The van der Waals surface area contributed by atoms with Gasteiger partial charge < -0.3 is 10.1 Å². The average Bonchev–Trinajstić information content (AvgIpc) is 2.66. The standard InChI is InChI=1S/C12H9N3O3/c1-6-9(12(17)18)10-13-11(16)7-4-2-3-5-8(7)15(10)14-6/h2-5H,1H3,(H,13,16)(H,17,18). The number of carboxylic acids is 1. The molecule has 0 aliphatic carbocycles. The topological polar surface area (TPSA) is 87.5 Å². The summed E-state index contributed by atoms with van der Waals surface area (Å²) in [7, 11) is 0. The van der Waals surface area contributed by atoms with Crippen molar-refractivity contribution >= 4 is 22.5 Å². The zero-order valence-corrected chi connectivity index (χ0v) is 9.47. The predicted octanol–water partition coefficient (Wildman–Crippen LogP) is 1.18. The second-order valence-corrected chi connectivity index (χ2v) is 4.00. The Morgan fingerprint density at radius 1 is 1.39 bits per heavy atom. The number of nitrogens with one attached hydrogen (secondary N) is 1. The van der Waals surface area contributed by atoms with E-state index in [1.54, 1.807) is 31.2 Å². The summed E-state index contributed by atoms with van der Waals surface area (Å²) in [5, 5.41) is 13.8. The molecule has 2 heterocycles. The number of aromatic nitrogens is 3. The fraction of sp³-hybridized carbons (Fsp3) is 0.0833. The van der Waals surface area contributed by atoms with Crippen LogP contribution in [-0.4, -0.2) is 25.7 Å². The number of H-pyrrole nitrogens is 1. The highest BCUT2D eigenvalue weighted by Crippen LogP contribution is 2.17. The lowest BCUT2D eigenvalue weighted by Crippen LogP contribution is -2.11. The molecule has 0 fully saturated rings. The van der Waals surface area contributed by atoms with Crippen molar-refractivity contribution in [3.8, 4) is 0 Å². The molecule has 0 saturated carbocycles. The van der Waals surface area contributed by atoms with Crippen LogP contribution in [0.3, 0.4) is 0 Å². The highest BCUT2D eigenvalue weighted by Gasteiger charge is 2.18. The lowest BCUT2D eigenvalue weighted by molar-refractivity contribution is 0.0698. The molecule has 3 rings (SSSR count). The highest BCUT2D eigenvalue weighted by atomic mass is 16.4. The Hall–Kier alpha value is -2.63. The number of hydrogen-bond donors (Lipinski definition) is 2. The number of fused-ring (bicyclic) bond motifs is 3. The maximum absolute atomic E-state index is 11.9. The number of rotatable bonds is 1. The highest BCUT2D eigenvalue weighted by molar-refractivity contribution is 5.97. The van der Waals surface area contributed by atoms with E-state index in [0.29, 0.717) is 16.6 Å². The van der Waals surface area contributed by atoms with Gasteiger partial charge in [0.25, 0.3) is 5.56 Å². The van der Waals surface area contributed by atoms with Crippen molar-refractivity contribution in [2.45, 2.75) is 6.92 Å². The fourth-order valence-electron chi connectivity index (χ4n) is 2.10. The van der Waals surface area contributed by atoms with Gasteiger partial charge in [0.15, 0.2) is 5.65 Å². The minimum Gasteiger partial charge on any atom is -0.477 e. The number of aromatic amines is 1. The van der Waals surface area contributed by atoms with Crippen molar-refractivity contribution in [3.63, 3.8) is 0 Å². The molecule has 0 saturated heterocycles. The first-order chi connectivity index (χ1) is 8.59. The van der Waals surface area contributed by atoms with Gasteiger partial charge in [-0.2, -0.15) is 5.10 Å². The van der Waals surface area contributed by atoms with E-state index in [0.717, 1.165) is 0 Å². The molecule has 0 radical (unpaired) electrons. The Morgan fingerprint density at radius 3 is 2.83 bits per heavy atom. The summed E-state index contributed by atoms with van der Waals surface area (Å²) < 4.78 is 1.45. The number of para-hydroxylation sites is 1. The van der Waals surface area contributed by atoms with Crippen LogP contribution in [0.25, 0.3) is 16.6 Å². The van der Waals surface area contributed by atoms with Crippen LogP contribution in [-0.2, 0) is 0 Å². The maximum atomic E-state index is 11.9. The van der Waals surface area contributed by atoms with Crippen molar-refractivity contribution < 1.29 is 9.90 Å². The quantitative estimate of drug-likeness (QED) is 0.671. The summed E-state index contributed by atoms with van der Waals surface area (Å²) in [6, 6.07) is 6.93. The minimum atomic E-state index is -1.10. The van der Waals surface area contributed by atoms with Gasteiger partial charge in [0.2, 0.25) is 0 Å². The third-order valence-electron chi connectivity index (χ3n) is 2.88. The van der Waals surface area contributed by atoms with Crippen LogP contribution in [0, 0.1) is 6.92 Å². The maximum Gasteiger partial charge on any atom is 0.341 e. The normalized spacial score (nSPS) is 11.2. The number of carbonyl (C=O) groups is 1. The minimum absolute atomic E-state index is 0.0258. The molecular weight excluding hydrogens is 234 g/mol. The molecule has 0 aliphatic rings. The third kappa shape index (κ3) is 1.26. The zero-order valence-electron chi connectivity index (χ0n) is 9.47. The Balaban J connectivity index is 2.63. The SMILES string of the molecule is Cc1nn2c([nH]c(=O)c3ccccc32)c1C(=O)O. The third-order valence-corrected chi connectivity index (χ3v) is 2.88. The molecule has 6 nitrogen and oxygen atoms in total. The predicted molar refractivity (Wildman–Crippen MR) is 65.0 cm³/mol. The average molecular weight is 243 g/mol. The van der Waals surface area contributed by atoms with Gasteiger partial charge in [-0.3, -0.25) is 4.79 Å². The van der Waals surface area contributed by atoms with Gasteiger partial charge in [0.05, 0.1) is 16.6 Å². The molecule has 0 bridgehead atoms. The van der Waals surface area contributed by atoms with Gasteiger partial charge in [-0.25, -0.2) is 9.31 Å². The van der Waals surface area contributed by atoms with Crippen LogP contribution >= 0.6 is 0 Å². The van der Waals surface area contributed by atoms with E-state index in [1.807, 2.05) is 0 Å². The largest absolute Gasteiger partial charge is 0.477 e. The van der Waals surface area contributed by atoms with E-state index in [-0.39, 0.29) is 16.8 Å². The molecule has 6 heteroatoms. The van der Waals surface area contributed by atoms with E-state index < -0.39 is 5.97 Å². The number of hydrogen-bond acceptors (Lipinski definition) is 3. The van der Waals surface area contributed by atoms with Crippen LogP contribution < -0.4 is 5.56 Å². The van der Waals surface area contributed by atoms with Crippen LogP contribution in [0.2, 0.25) is 0 Å². The van der Waals surface area contributed by atoms with E-state index in [2.05, 4.69) is 10.1 Å². The number of aryl methyl sites for hydroxylation is 1. The summed E-state index contributed by atoms with van der Waals surface area (Å²) in [6.45, 7) is 1.60. The lowest BCUT2D eigenvalue weighted by atomic mass is 10.2. The second-order valence-electron chi connectivity index (χ2n) is 4.00. The Kier molecular flexibility index (Phi) is 2.00. The van der Waals surface area contributed by atoms with Crippen LogP contribution in [0.5, 0.6) is 0 Å². The Labute approximate surface area is 100 Å². The van der Waals surface area contributed by atoms with E-state index in [4.69, 9.17) is 5.11 Å². The molecule has 2 N–H and O–H groups in total. The van der Waals surface area contributed by atoms with Crippen molar-refractivity contribution in [2.75, 3.05) is 0 Å². The van der Waals surface area contributed by atoms with Gasteiger partial charge in [0, 0.05) is 0 Å². The van der Waals surface area contributed by atoms with Crippen molar-refractivity contribution in [1.82, 2.24) is 14.6 Å². The molecule has 0 unspecified atom stereocenters. The summed E-state index contributed by atoms with van der Waals surface area (Å²) in [5.41, 5.74) is 0.878. The summed E-state index contributed by atoms with van der Waals surface area (Å²) in [5.74, 6) is -1.10. The first-order valence-corrected chi connectivity index (χ1v) is 5.33. The zero-order chi connectivity index (χ0) is 12.9. The van der Waals surface area contributed by atoms with Crippen molar-refractivity contribution in [1.29, 1.82) is 0 Å².